The van der Waals surface area contributed by atoms with Crippen LogP contribution in [0.25, 0.3) is 0 Å². The predicted octanol–water partition coefficient (Wildman–Crippen LogP) is 2.58. The van der Waals surface area contributed by atoms with Crippen LogP contribution in [0.15, 0.2) is 29.2 Å². The number of carbonyl (C=O) groups excluding carboxylic acids is 1. The summed E-state index contributed by atoms with van der Waals surface area (Å²) in [6, 6.07) is 4.81. The first kappa shape index (κ1) is 21.4. The molecule has 0 heterocycles. The Morgan fingerprint density at radius 3 is 2.04 bits per heavy atom. The fourth-order valence-electron chi connectivity index (χ4n) is 3.05. The van der Waals surface area contributed by atoms with Crippen molar-refractivity contribution in [2.24, 2.45) is 0 Å². The van der Waals surface area contributed by atoms with Crippen LogP contribution in [0.1, 0.15) is 56.8 Å². The Hall–Kier alpha value is -1.93. The first-order chi connectivity index (χ1) is 12.7. The number of hydrogen-bond donors (Lipinski definition) is 1. The van der Waals surface area contributed by atoms with Crippen molar-refractivity contribution in [2.75, 3.05) is 13.1 Å². The highest BCUT2D eigenvalue weighted by atomic mass is 32.2. The van der Waals surface area contributed by atoms with Crippen LogP contribution >= 0.6 is 0 Å². The number of hydrogen-bond acceptors (Lipinski definition) is 4. The van der Waals surface area contributed by atoms with Crippen LogP contribution in [-0.2, 0) is 14.8 Å². The highest BCUT2D eigenvalue weighted by molar-refractivity contribution is 7.89. The minimum Gasteiger partial charge on any atom is -0.480 e. The molecule has 1 atom stereocenters. The van der Waals surface area contributed by atoms with Crippen LogP contribution in [0.3, 0.4) is 0 Å². The maximum absolute atomic E-state index is 12.8. The molecule has 1 unspecified atom stereocenters. The van der Waals surface area contributed by atoms with Gasteiger partial charge in [0.2, 0.25) is 10.0 Å². The van der Waals surface area contributed by atoms with Crippen molar-refractivity contribution in [1.82, 2.24) is 9.21 Å². The van der Waals surface area contributed by atoms with Crippen molar-refractivity contribution >= 4 is 21.9 Å². The molecule has 0 aromatic heterocycles. The van der Waals surface area contributed by atoms with E-state index in [1.54, 1.807) is 0 Å². The van der Waals surface area contributed by atoms with E-state index in [1.165, 1.54) is 40.4 Å². The average molecular weight is 397 g/mol. The lowest BCUT2D eigenvalue weighted by Gasteiger charge is -2.26. The molecule has 0 bridgehead atoms. The van der Waals surface area contributed by atoms with Gasteiger partial charge in [0.15, 0.2) is 0 Å². The van der Waals surface area contributed by atoms with Gasteiger partial charge in [-0.2, -0.15) is 4.31 Å². The predicted molar refractivity (Wildman–Crippen MR) is 102 cm³/mol. The Morgan fingerprint density at radius 1 is 1.11 bits per heavy atom. The molecule has 2 rings (SSSR count). The molecule has 0 spiro atoms. The summed E-state index contributed by atoms with van der Waals surface area (Å²) in [5.74, 6) is -1.43. The number of sulfonamides is 1. The van der Waals surface area contributed by atoms with Gasteiger partial charge in [-0.3, -0.25) is 4.79 Å². The standard InChI is InChI=1S/C19H28N2O5S/c1-4-12-20(13-5-2)27(25,26)17-10-6-15(7-11-17)18(22)21(16-8-9-16)14(3)19(23)24/h6-7,10-11,14,16H,4-5,8-9,12-13H2,1-3H3,(H,23,24). The highest BCUT2D eigenvalue weighted by Crippen LogP contribution is 2.30. The van der Waals surface area contributed by atoms with Gasteiger partial charge in [-0.15, -0.1) is 0 Å². The number of carbonyl (C=O) groups is 2. The molecule has 0 aliphatic heterocycles. The smallest absolute Gasteiger partial charge is 0.326 e. The molecule has 8 heteroatoms. The van der Waals surface area contributed by atoms with Crippen molar-refractivity contribution in [3.63, 3.8) is 0 Å². The van der Waals surface area contributed by atoms with Crippen LogP contribution in [0.2, 0.25) is 0 Å². The molecule has 1 aliphatic rings. The van der Waals surface area contributed by atoms with Gasteiger partial charge in [-0.25, -0.2) is 13.2 Å². The number of carboxylic acid groups (broad SMARTS) is 1. The Bertz CT molecular complexity index is 766. The van der Waals surface area contributed by atoms with E-state index in [-0.39, 0.29) is 16.8 Å². The van der Waals surface area contributed by atoms with Crippen molar-refractivity contribution in [3.05, 3.63) is 29.8 Å². The molecule has 1 aromatic carbocycles. The Labute approximate surface area is 161 Å². The number of nitrogens with zero attached hydrogens (tertiary/aromatic N) is 2. The second-order valence-electron chi connectivity index (χ2n) is 6.89. The van der Waals surface area contributed by atoms with Gasteiger partial charge in [0, 0.05) is 24.7 Å². The number of carboxylic acids is 1. The molecular weight excluding hydrogens is 368 g/mol. The molecule has 0 radical (unpaired) electrons. The molecule has 1 N–H and O–H groups in total. The minimum absolute atomic E-state index is 0.0587. The van der Waals surface area contributed by atoms with Crippen LogP contribution in [0, 0.1) is 0 Å². The van der Waals surface area contributed by atoms with E-state index in [2.05, 4.69) is 0 Å². The molecule has 1 saturated carbocycles. The SMILES string of the molecule is CCCN(CCC)S(=O)(=O)c1ccc(C(=O)N(C2CC2)C(C)C(=O)O)cc1. The average Bonchev–Trinajstić information content (AvgIpc) is 3.46. The van der Waals surface area contributed by atoms with E-state index in [9.17, 15) is 23.1 Å². The zero-order valence-corrected chi connectivity index (χ0v) is 16.9. The van der Waals surface area contributed by atoms with Crippen molar-refractivity contribution < 1.29 is 23.1 Å². The summed E-state index contributed by atoms with van der Waals surface area (Å²) in [7, 11) is -3.61. The van der Waals surface area contributed by atoms with Crippen LogP contribution in [0.4, 0.5) is 0 Å². The number of rotatable bonds is 10. The minimum atomic E-state index is -3.61. The monoisotopic (exact) mass is 396 g/mol. The van der Waals surface area contributed by atoms with E-state index in [0.717, 1.165) is 25.7 Å². The van der Waals surface area contributed by atoms with Crippen LogP contribution in [-0.4, -0.2) is 59.8 Å². The number of amides is 1. The zero-order chi connectivity index (χ0) is 20.2. The topological polar surface area (TPSA) is 95.0 Å². The summed E-state index contributed by atoms with van der Waals surface area (Å²) in [5.41, 5.74) is 0.298. The van der Waals surface area contributed by atoms with E-state index < -0.39 is 22.0 Å². The lowest BCUT2D eigenvalue weighted by atomic mass is 10.1. The van der Waals surface area contributed by atoms with Gasteiger partial charge >= 0.3 is 5.97 Å². The number of benzene rings is 1. The van der Waals surface area contributed by atoms with Gasteiger partial charge in [0.05, 0.1) is 4.90 Å². The van der Waals surface area contributed by atoms with Gasteiger partial charge < -0.3 is 10.0 Å². The third-order valence-electron chi connectivity index (χ3n) is 4.63. The Balaban J connectivity index is 2.25. The van der Waals surface area contributed by atoms with Crippen LogP contribution in [0.5, 0.6) is 0 Å². The first-order valence-corrected chi connectivity index (χ1v) is 10.8. The molecule has 150 valence electrons. The third kappa shape index (κ3) is 4.87. The molecule has 1 amide bonds. The molecule has 27 heavy (non-hydrogen) atoms. The summed E-state index contributed by atoms with van der Waals surface area (Å²) in [5, 5.41) is 9.26. The third-order valence-corrected chi connectivity index (χ3v) is 6.55. The van der Waals surface area contributed by atoms with Crippen molar-refractivity contribution in [2.45, 2.75) is 63.4 Å². The van der Waals surface area contributed by atoms with Gasteiger partial charge in [0.1, 0.15) is 6.04 Å². The van der Waals surface area contributed by atoms with E-state index in [1.807, 2.05) is 13.8 Å². The zero-order valence-electron chi connectivity index (χ0n) is 16.1. The molecule has 1 fully saturated rings. The largest absolute Gasteiger partial charge is 0.480 e. The fourth-order valence-corrected chi connectivity index (χ4v) is 4.67. The van der Waals surface area contributed by atoms with E-state index in [0.29, 0.717) is 18.7 Å². The van der Waals surface area contributed by atoms with Gasteiger partial charge in [-0.05, 0) is 56.9 Å². The summed E-state index contributed by atoms with van der Waals surface area (Å²) < 4.78 is 27.0. The molecule has 7 nitrogen and oxygen atoms in total. The van der Waals surface area contributed by atoms with Gasteiger partial charge in [-0.1, -0.05) is 13.8 Å². The van der Waals surface area contributed by atoms with Crippen LogP contribution < -0.4 is 0 Å². The molecule has 0 saturated heterocycles. The second kappa shape index (κ2) is 8.84. The first-order valence-electron chi connectivity index (χ1n) is 9.39. The van der Waals surface area contributed by atoms with E-state index >= 15 is 0 Å². The summed E-state index contributed by atoms with van der Waals surface area (Å²) in [4.78, 5) is 25.6. The van der Waals surface area contributed by atoms with Gasteiger partial charge in [0.25, 0.3) is 5.91 Å². The Kier molecular flexibility index (Phi) is 7.00. The lowest BCUT2D eigenvalue weighted by molar-refractivity contribution is -0.141. The second-order valence-corrected chi connectivity index (χ2v) is 8.82. The summed E-state index contributed by atoms with van der Waals surface area (Å²) in [6.07, 6.45) is 3.02. The summed E-state index contributed by atoms with van der Waals surface area (Å²) >= 11 is 0. The molecule has 1 aromatic rings. The molecular formula is C19H28N2O5S. The summed E-state index contributed by atoms with van der Waals surface area (Å²) in [6.45, 7) is 6.24. The number of aliphatic carboxylic acids is 1. The molecule has 1 aliphatic carbocycles. The normalized spacial score (nSPS) is 15.6. The van der Waals surface area contributed by atoms with E-state index in [4.69, 9.17) is 0 Å². The lowest BCUT2D eigenvalue weighted by Crippen LogP contribution is -2.44. The maximum Gasteiger partial charge on any atom is 0.326 e. The highest BCUT2D eigenvalue weighted by Gasteiger charge is 2.38. The van der Waals surface area contributed by atoms with Crippen molar-refractivity contribution in [3.8, 4) is 0 Å². The Morgan fingerprint density at radius 2 is 1.63 bits per heavy atom. The van der Waals surface area contributed by atoms with Crippen molar-refractivity contribution in [1.29, 1.82) is 0 Å². The quantitative estimate of drug-likeness (QED) is 0.656. The maximum atomic E-state index is 12.8. The fraction of sp³-hybridized carbons (Fsp3) is 0.579.